The van der Waals surface area contributed by atoms with Gasteiger partial charge in [0.1, 0.15) is 0 Å². The summed E-state index contributed by atoms with van der Waals surface area (Å²) in [5, 5.41) is 14.3. The first kappa shape index (κ1) is 19.5. The highest BCUT2D eigenvalue weighted by atomic mass is 32.1. The van der Waals surface area contributed by atoms with Gasteiger partial charge >= 0.3 is 0 Å². The fraction of sp³-hybridized carbons (Fsp3) is 0.350. The van der Waals surface area contributed by atoms with Crippen molar-refractivity contribution in [3.05, 3.63) is 53.2 Å². The number of nitrogens with zero attached hydrogens (tertiary/aromatic N) is 3. The maximum absolute atomic E-state index is 5.81. The van der Waals surface area contributed by atoms with Gasteiger partial charge in [0.25, 0.3) is 5.89 Å². The van der Waals surface area contributed by atoms with Gasteiger partial charge in [-0.15, -0.1) is 21.5 Å². The van der Waals surface area contributed by atoms with E-state index in [1.54, 1.807) is 11.3 Å². The predicted octanol–water partition coefficient (Wildman–Crippen LogP) is 5.53. The first-order valence-corrected chi connectivity index (χ1v) is 10.4. The normalized spacial score (nSPS) is 11.0. The van der Waals surface area contributed by atoms with Crippen LogP contribution in [-0.2, 0) is 6.54 Å². The van der Waals surface area contributed by atoms with E-state index < -0.39 is 0 Å². The Hall–Kier alpha value is -2.25. The highest BCUT2D eigenvalue weighted by Crippen LogP contribution is 2.23. The maximum atomic E-state index is 5.81. The smallest absolute Gasteiger partial charge is 0.257 e. The van der Waals surface area contributed by atoms with Crippen LogP contribution in [0.15, 0.2) is 46.2 Å². The van der Waals surface area contributed by atoms with Gasteiger partial charge in [0.2, 0.25) is 5.89 Å². The molecule has 7 heteroatoms. The molecule has 0 fully saturated rings. The number of thiophene rings is 1. The maximum Gasteiger partial charge on any atom is 0.257 e. The zero-order valence-corrected chi connectivity index (χ0v) is 17.4. The van der Waals surface area contributed by atoms with Gasteiger partial charge in [-0.3, -0.25) is 0 Å². The second-order valence-corrected chi connectivity index (χ2v) is 7.94. The van der Waals surface area contributed by atoms with Gasteiger partial charge in [-0.1, -0.05) is 39.0 Å². The van der Waals surface area contributed by atoms with Crippen LogP contribution in [0.25, 0.3) is 10.8 Å². The lowest BCUT2D eigenvalue weighted by Crippen LogP contribution is -2.35. The molecule has 0 unspecified atom stereocenters. The van der Waals surface area contributed by atoms with E-state index in [2.05, 4.69) is 65.5 Å². The minimum atomic E-state index is 0.488. The van der Waals surface area contributed by atoms with Crippen molar-refractivity contribution in [3.63, 3.8) is 0 Å². The van der Waals surface area contributed by atoms with Gasteiger partial charge < -0.3 is 14.6 Å². The lowest BCUT2D eigenvalue weighted by Gasteiger charge is -2.24. The largest absolute Gasteiger partial charge is 0.418 e. The van der Waals surface area contributed by atoms with Crippen LogP contribution in [-0.4, -0.2) is 26.8 Å². The fourth-order valence-corrected chi connectivity index (χ4v) is 3.57. The molecule has 0 saturated carbocycles. The highest BCUT2D eigenvalue weighted by molar-refractivity contribution is 7.80. The summed E-state index contributed by atoms with van der Waals surface area (Å²) >= 11 is 7.20. The molecule has 27 heavy (non-hydrogen) atoms. The molecule has 2 heterocycles. The van der Waals surface area contributed by atoms with Crippen LogP contribution in [0.3, 0.4) is 0 Å². The number of benzene rings is 1. The lowest BCUT2D eigenvalue weighted by atomic mass is 10.0. The standard InChI is InChI=1S/C20H24N4OS2/c1-4-11-24(13-18-22-23-19(25-18)17-6-5-12-27-17)20(26)21-16-9-7-15(8-10-16)14(2)3/h5-10,12,14H,4,11,13H2,1-3H3,(H,21,26). The molecule has 142 valence electrons. The van der Waals surface area contributed by atoms with Gasteiger partial charge in [0.05, 0.1) is 11.4 Å². The van der Waals surface area contributed by atoms with E-state index in [-0.39, 0.29) is 0 Å². The number of anilines is 1. The Kier molecular flexibility index (Phi) is 6.58. The molecular weight excluding hydrogens is 376 g/mol. The molecular formula is C20H24N4OS2. The molecule has 0 spiro atoms. The zero-order chi connectivity index (χ0) is 19.2. The summed E-state index contributed by atoms with van der Waals surface area (Å²) in [6, 6.07) is 12.3. The second kappa shape index (κ2) is 9.10. The monoisotopic (exact) mass is 400 g/mol. The third-order valence-corrected chi connectivity index (χ3v) is 5.35. The molecule has 0 radical (unpaired) electrons. The molecule has 0 aliphatic carbocycles. The second-order valence-electron chi connectivity index (χ2n) is 6.61. The van der Waals surface area contributed by atoms with Gasteiger partial charge in [0, 0.05) is 12.2 Å². The number of hydrogen-bond acceptors (Lipinski definition) is 5. The first-order chi connectivity index (χ1) is 13.1. The van der Waals surface area contributed by atoms with Crippen LogP contribution >= 0.6 is 23.6 Å². The molecule has 1 aromatic carbocycles. The number of hydrogen-bond donors (Lipinski definition) is 1. The molecule has 0 amide bonds. The Morgan fingerprint density at radius 3 is 2.63 bits per heavy atom. The molecule has 0 aliphatic rings. The number of rotatable bonds is 7. The summed E-state index contributed by atoms with van der Waals surface area (Å²) in [5.74, 6) is 1.63. The highest BCUT2D eigenvalue weighted by Gasteiger charge is 2.15. The van der Waals surface area contributed by atoms with Gasteiger partial charge in [-0.2, -0.15) is 0 Å². The minimum Gasteiger partial charge on any atom is -0.418 e. The van der Waals surface area contributed by atoms with E-state index in [0.29, 0.717) is 29.4 Å². The molecule has 3 rings (SSSR count). The summed E-state index contributed by atoms with van der Waals surface area (Å²) in [6.07, 6.45) is 0.972. The third-order valence-electron chi connectivity index (χ3n) is 4.13. The van der Waals surface area contributed by atoms with Gasteiger partial charge in [-0.05, 0) is 53.7 Å². The molecule has 3 aromatic rings. The Labute approximate surface area is 169 Å². The lowest BCUT2D eigenvalue weighted by molar-refractivity contribution is 0.359. The van der Waals surface area contributed by atoms with Crippen molar-refractivity contribution in [3.8, 4) is 10.8 Å². The molecule has 0 aliphatic heterocycles. The van der Waals surface area contributed by atoms with Gasteiger partial charge in [-0.25, -0.2) is 0 Å². The van der Waals surface area contributed by atoms with Crippen molar-refractivity contribution in [1.29, 1.82) is 0 Å². The zero-order valence-electron chi connectivity index (χ0n) is 15.8. The van der Waals surface area contributed by atoms with Crippen molar-refractivity contribution in [2.24, 2.45) is 0 Å². The van der Waals surface area contributed by atoms with Crippen LogP contribution in [0, 0.1) is 0 Å². The predicted molar refractivity (Wildman–Crippen MR) is 115 cm³/mol. The van der Waals surface area contributed by atoms with Crippen LogP contribution in [0.5, 0.6) is 0 Å². The summed E-state index contributed by atoms with van der Waals surface area (Å²) in [4.78, 5) is 3.03. The van der Waals surface area contributed by atoms with Crippen LogP contribution < -0.4 is 5.32 Å². The van der Waals surface area contributed by atoms with E-state index in [9.17, 15) is 0 Å². The molecule has 1 N–H and O–H groups in total. The van der Waals surface area contributed by atoms with E-state index >= 15 is 0 Å². The first-order valence-electron chi connectivity index (χ1n) is 9.09. The van der Waals surface area contributed by atoms with Crippen LogP contribution in [0.2, 0.25) is 0 Å². The van der Waals surface area contributed by atoms with Crippen molar-refractivity contribution in [2.45, 2.75) is 39.7 Å². The van der Waals surface area contributed by atoms with E-state index in [0.717, 1.165) is 23.5 Å². The third kappa shape index (κ3) is 5.14. The summed E-state index contributed by atoms with van der Waals surface area (Å²) in [5.41, 5.74) is 2.29. The number of nitrogens with one attached hydrogen (secondary N) is 1. The van der Waals surface area contributed by atoms with E-state index in [4.69, 9.17) is 16.6 Å². The van der Waals surface area contributed by atoms with Crippen molar-refractivity contribution in [2.75, 3.05) is 11.9 Å². The number of thiocarbonyl (C=S) groups is 1. The summed E-state index contributed by atoms with van der Waals surface area (Å²) < 4.78 is 5.81. The SMILES string of the molecule is CCCN(Cc1nnc(-c2cccs2)o1)C(=S)Nc1ccc(C(C)C)cc1. The van der Waals surface area contributed by atoms with E-state index in [1.165, 1.54) is 5.56 Å². The Morgan fingerprint density at radius 2 is 2.00 bits per heavy atom. The molecule has 5 nitrogen and oxygen atoms in total. The van der Waals surface area contributed by atoms with Crippen molar-refractivity contribution >= 4 is 34.4 Å². The molecule has 0 saturated heterocycles. The average Bonchev–Trinajstić information content (AvgIpc) is 3.33. The molecule has 0 bridgehead atoms. The summed E-state index contributed by atoms with van der Waals surface area (Å²) in [7, 11) is 0. The van der Waals surface area contributed by atoms with E-state index in [1.807, 2.05) is 17.5 Å². The topological polar surface area (TPSA) is 54.2 Å². The summed E-state index contributed by atoms with van der Waals surface area (Å²) in [6.45, 7) is 7.79. The van der Waals surface area contributed by atoms with Crippen molar-refractivity contribution < 1.29 is 4.42 Å². The Morgan fingerprint density at radius 1 is 1.22 bits per heavy atom. The van der Waals surface area contributed by atoms with Gasteiger partial charge in [0.15, 0.2) is 5.11 Å². The average molecular weight is 401 g/mol. The molecule has 0 atom stereocenters. The van der Waals surface area contributed by atoms with Crippen LogP contribution in [0.1, 0.15) is 44.6 Å². The van der Waals surface area contributed by atoms with Crippen molar-refractivity contribution in [1.82, 2.24) is 15.1 Å². The number of aromatic nitrogens is 2. The van der Waals surface area contributed by atoms with Crippen LogP contribution in [0.4, 0.5) is 5.69 Å². The Balaban J connectivity index is 1.66. The molecule has 2 aromatic heterocycles. The fourth-order valence-electron chi connectivity index (χ4n) is 2.66. The minimum absolute atomic E-state index is 0.488. The quantitative estimate of drug-likeness (QED) is 0.526. The Bertz CT molecular complexity index is 857.